The number of hydrogen-bond acceptors (Lipinski definition) is 13. The Morgan fingerprint density at radius 2 is 1.62 bits per heavy atom. The van der Waals surface area contributed by atoms with E-state index in [-0.39, 0.29) is 57.7 Å². The van der Waals surface area contributed by atoms with E-state index in [1.54, 1.807) is 39.8 Å². The summed E-state index contributed by atoms with van der Waals surface area (Å²) in [6.45, 7) is 19.7. The molecule has 15 heteroatoms. The Morgan fingerprint density at radius 3 is 2.22 bits per heavy atom. The van der Waals surface area contributed by atoms with Crippen molar-refractivity contribution in [3.8, 4) is 23.0 Å². The van der Waals surface area contributed by atoms with E-state index in [0.29, 0.717) is 0 Å². The van der Waals surface area contributed by atoms with Crippen LogP contribution in [0.1, 0.15) is 64.4 Å². The first kappa shape index (κ1) is 47.0. The Bertz CT molecular complexity index is 2080. The number of esters is 1. The molecule has 0 saturated heterocycles. The highest BCUT2D eigenvalue weighted by atomic mass is 16.7. The number of aliphatic hydroxyl groups excluding tert-OH is 2. The van der Waals surface area contributed by atoms with Gasteiger partial charge in [0.05, 0.1) is 41.2 Å². The minimum absolute atomic E-state index is 0.0588. The van der Waals surface area contributed by atoms with Gasteiger partial charge in [0.2, 0.25) is 0 Å². The molecule has 5 bridgehead atoms. The number of rotatable bonds is 9. The molecule has 15 nitrogen and oxygen atoms in total. The molecule has 5 N–H and O–H groups in total. The highest BCUT2D eigenvalue weighted by Crippen LogP contribution is 2.54. The molecule has 9 atom stereocenters. The molecule has 3 aliphatic heterocycles. The van der Waals surface area contributed by atoms with Gasteiger partial charge in [-0.05, 0) is 19.9 Å². The maximum absolute atomic E-state index is 14.5. The average molecular weight is 835 g/mol. The van der Waals surface area contributed by atoms with Gasteiger partial charge in [0, 0.05) is 80.3 Å². The zero-order valence-electron chi connectivity index (χ0n) is 35.7. The van der Waals surface area contributed by atoms with Gasteiger partial charge >= 0.3 is 11.8 Å². The standard InChI is InChI=1S/C45H58N2O13/c1-12-18-47(19-13-2)33(49)22-57-32-21-30-40(53)35-34(32)36-42(28(8)39(35)52)60-45(10,43(36)54)58-20-17-31(56-11)25(5)41(59-29(9)48)27(7)38(51)26(6)37(50)23(3)15-14-16-24(4)44(55)46-30/h12-17,20-21,23,25-27,31,37-38,41,50-53H,1-2,18-19,22H2,3-11H3,(H,46,55)/b15-14+,20-17+,24-16-. The summed E-state index contributed by atoms with van der Waals surface area (Å²) in [6.07, 6.45) is 6.58. The normalized spacial score (nSPS) is 29.4. The zero-order valence-corrected chi connectivity index (χ0v) is 35.7. The monoisotopic (exact) mass is 834 g/mol. The number of phenolic OH excluding ortho intramolecular Hbond substituents is 2. The molecule has 0 fully saturated rings. The van der Waals surface area contributed by atoms with E-state index < -0.39 is 95.5 Å². The number of phenols is 2. The van der Waals surface area contributed by atoms with Crippen molar-refractivity contribution >= 4 is 40.0 Å². The molecule has 5 rings (SSSR count). The van der Waals surface area contributed by atoms with Gasteiger partial charge in [-0.2, -0.15) is 0 Å². The fourth-order valence-corrected chi connectivity index (χ4v) is 7.57. The molecular formula is C45H58N2O13. The van der Waals surface area contributed by atoms with E-state index in [2.05, 4.69) is 18.5 Å². The van der Waals surface area contributed by atoms with Crippen LogP contribution in [-0.4, -0.2) is 106 Å². The van der Waals surface area contributed by atoms with E-state index >= 15 is 0 Å². The van der Waals surface area contributed by atoms with Crippen LogP contribution >= 0.6 is 0 Å². The number of allylic oxidation sites excluding steroid dienone is 2. The van der Waals surface area contributed by atoms with Crippen molar-refractivity contribution in [2.24, 2.45) is 23.7 Å². The number of nitrogens with zero attached hydrogens (tertiary/aromatic N) is 1. The van der Waals surface area contributed by atoms with Crippen LogP contribution in [0, 0.1) is 30.6 Å². The van der Waals surface area contributed by atoms with Gasteiger partial charge in [-0.25, -0.2) is 0 Å². The van der Waals surface area contributed by atoms with Crippen LogP contribution in [-0.2, 0) is 28.6 Å². The minimum Gasteiger partial charge on any atom is -0.507 e. The second kappa shape index (κ2) is 19.6. The third-order valence-corrected chi connectivity index (χ3v) is 11.2. The van der Waals surface area contributed by atoms with Crippen molar-refractivity contribution in [3.63, 3.8) is 0 Å². The lowest BCUT2D eigenvalue weighted by molar-refractivity contribution is -0.160. The molecule has 0 saturated carbocycles. The first-order chi connectivity index (χ1) is 28.2. The molecule has 60 heavy (non-hydrogen) atoms. The molecule has 0 aliphatic carbocycles. The summed E-state index contributed by atoms with van der Waals surface area (Å²) >= 11 is 0. The number of hydrogen-bond donors (Lipinski definition) is 5. The molecule has 9 unspecified atom stereocenters. The van der Waals surface area contributed by atoms with Gasteiger partial charge in [-0.1, -0.05) is 58.1 Å². The summed E-state index contributed by atoms with van der Waals surface area (Å²) in [5.74, 6) is -8.34. The Labute approximate surface area is 350 Å². The van der Waals surface area contributed by atoms with Gasteiger partial charge in [-0.15, -0.1) is 13.2 Å². The van der Waals surface area contributed by atoms with Gasteiger partial charge in [0.25, 0.3) is 17.6 Å². The van der Waals surface area contributed by atoms with Crippen molar-refractivity contribution in [1.29, 1.82) is 0 Å². The Hall–Kier alpha value is -5.64. The largest absolute Gasteiger partial charge is 0.507 e. The smallest absolute Gasteiger partial charge is 0.312 e. The topological polar surface area (TPSA) is 211 Å². The molecule has 0 radical (unpaired) electrons. The molecule has 2 aromatic rings. The SMILES string of the molecule is C=CCN(CC=C)C(=O)COc1cc2c(O)c3c(O)c(C)c4c(c13)C(=O)C(C)(O/C=C/C(OC)C(C)C(OC(C)=O)C(C)C(O)C(C)C(O)C(C)/C=C/C=C(/C)C(=O)N2)O4. The molecular weight excluding hydrogens is 776 g/mol. The number of carbonyl (C=O) groups excluding carboxylic acids is 4. The summed E-state index contributed by atoms with van der Waals surface area (Å²) in [4.78, 5) is 55.1. The lowest BCUT2D eigenvalue weighted by atomic mass is 9.78. The molecule has 3 aliphatic rings. The summed E-state index contributed by atoms with van der Waals surface area (Å²) in [5.41, 5.74) is -0.0962. The fraction of sp³-hybridized carbons (Fsp3) is 0.467. The summed E-state index contributed by atoms with van der Waals surface area (Å²) in [7, 11) is 1.43. The van der Waals surface area contributed by atoms with Crippen LogP contribution in [0.15, 0.2) is 67.5 Å². The maximum atomic E-state index is 14.5. The number of aliphatic hydroxyl groups is 2. The van der Waals surface area contributed by atoms with E-state index in [1.165, 1.54) is 76.3 Å². The van der Waals surface area contributed by atoms with Crippen LogP contribution in [0.3, 0.4) is 0 Å². The van der Waals surface area contributed by atoms with Gasteiger partial charge < -0.3 is 54.3 Å². The third kappa shape index (κ3) is 9.69. The van der Waals surface area contributed by atoms with E-state index in [0.717, 1.165) is 0 Å². The number of anilines is 1. The van der Waals surface area contributed by atoms with Crippen LogP contribution in [0.25, 0.3) is 10.8 Å². The number of fused-ring (bicyclic) bond motifs is 14. The highest BCUT2D eigenvalue weighted by molar-refractivity contribution is 6.21. The van der Waals surface area contributed by atoms with Crippen molar-refractivity contribution in [2.45, 2.75) is 85.6 Å². The predicted molar refractivity (Wildman–Crippen MR) is 225 cm³/mol. The average Bonchev–Trinajstić information content (AvgIpc) is 3.47. The van der Waals surface area contributed by atoms with Gasteiger partial charge in [0.1, 0.15) is 23.4 Å². The Kier molecular flexibility index (Phi) is 15.4. The van der Waals surface area contributed by atoms with Crippen LogP contribution in [0.5, 0.6) is 23.0 Å². The maximum Gasteiger partial charge on any atom is 0.312 e. The van der Waals surface area contributed by atoms with Gasteiger partial charge in [-0.3, -0.25) is 19.2 Å². The number of ether oxygens (including phenoxy) is 5. The van der Waals surface area contributed by atoms with Crippen LogP contribution < -0.4 is 14.8 Å². The number of methoxy groups -OCH3 is 1. The molecule has 2 aromatic carbocycles. The Morgan fingerprint density at radius 1 is 0.967 bits per heavy atom. The van der Waals surface area contributed by atoms with Crippen molar-refractivity contribution in [3.05, 3.63) is 78.6 Å². The second-order valence-electron chi connectivity index (χ2n) is 15.6. The number of benzene rings is 2. The van der Waals surface area contributed by atoms with E-state index in [1.807, 2.05) is 0 Å². The van der Waals surface area contributed by atoms with E-state index in [4.69, 9.17) is 23.7 Å². The van der Waals surface area contributed by atoms with E-state index in [9.17, 15) is 39.6 Å². The lowest BCUT2D eigenvalue weighted by Crippen LogP contribution is -2.46. The minimum atomic E-state index is -2.05. The summed E-state index contributed by atoms with van der Waals surface area (Å²) in [5, 5.41) is 48.4. The molecule has 3 heterocycles. The molecule has 0 aromatic heterocycles. The number of nitrogens with one attached hydrogen (secondary N) is 1. The first-order valence-corrected chi connectivity index (χ1v) is 19.7. The number of aromatic hydroxyl groups is 2. The van der Waals surface area contributed by atoms with Gasteiger partial charge in [0.15, 0.2) is 12.4 Å². The fourth-order valence-electron chi connectivity index (χ4n) is 7.57. The molecule has 326 valence electrons. The predicted octanol–water partition coefficient (Wildman–Crippen LogP) is 5.63. The number of carbonyl (C=O) groups is 4. The van der Waals surface area contributed by atoms with Crippen molar-refractivity contribution < 1.29 is 63.3 Å². The molecule has 2 amide bonds. The van der Waals surface area contributed by atoms with Crippen molar-refractivity contribution in [2.75, 3.05) is 32.1 Å². The second-order valence-corrected chi connectivity index (χ2v) is 15.6. The summed E-state index contributed by atoms with van der Waals surface area (Å²) in [6, 6.07) is 1.24. The Balaban J connectivity index is 1.94. The summed E-state index contributed by atoms with van der Waals surface area (Å²) < 4.78 is 29.7. The van der Waals surface area contributed by atoms with Crippen molar-refractivity contribution in [1.82, 2.24) is 4.90 Å². The molecule has 0 spiro atoms. The number of amides is 2. The lowest BCUT2D eigenvalue weighted by Gasteiger charge is -2.38. The zero-order chi connectivity index (χ0) is 44.8. The highest BCUT2D eigenvalue weighted by Gasteiger charge is 2.49. The van der Waals surface area contributed by atoms with Crippen LogP contribution in [0.4, 0.5) is 5.69 Å². The van der Waals surface area contributed by atoms with Crippen LogP contribution in [0.2, 0.25) is 0 Å². The first-order valence-electron chi connectivity index (χ1n) is 19.7. The third-order valence-electron chi connectivity index (χ3n) is 11.2. The number of Topliss-reactive ketones (excluding diaryl/α,β-unsaturated/α-hetero) is 1. The number of ketones is 1. The quantitative estimate of drug-likeness (QED) is 0.118.